The lowest BCUT2D eigenvalue weighted by molar-refractivity contribution is 0.0520. The molecule has 146 valence electrons. The fourth-order valence-electron chi connectivity index (χ4n) is 1.60. The zero-order chi connectivity index (χ0) is 20.4. The maximum Gasteiger partial charge on any atom is 0.357 e. The normalized spacial score (nSPS) is 9.59. The number of thiazole rings is 1. The van der Waals surface area contributed by atoms with Gasteiger partial charge in [-0.05, 0) is 24.6 Å². The third kappa shape index (κ3) is 8.58. The first-order valence-corrected chi connectivity index (χ1v) is 9.02. The molecule has 12 heteroatoms. The van der Waals surface area contributed by atoms with E-state index in [9.17, 15) is 9.59 Å². The molecule has 0 atom stereocenters. The number of carbonyl (C=O) groups excluding carboxylic acids is 3. The molecule has 2 rings (SSSR count). The van der Waals surface area contributed by atoms with Crippen LogP contribution in [0.5, 0.6) is 0 Å². The first kappa shape index (κ1) is 22.5. The molecular formula is C15H17Cl2N5O4S. The van der Waals surface area contributed by atoms with Crippen molar-refractivity contribution in [3.63, 3.8) is 0 Å². The van der Waals surface area contributed by atoms with Crippen LogP contribution in [0.1, 0.15) is 23.0 Å². The van der Waals surface area contributed by atoms with Crippen molar-refractivity contribution < 1.29 is 19.1 Å². The van der Waals surface area contributed by atoms with Crippen molar-refractivity contribution in [2.75, 3.05) is 11.9 Å². The molecule has 0 unspecified atom stereocenters. The summed E-state index contributed by atoms with van der Waals surface area (Å²) in [5.74, 6) is -0.520. The fourth-order valence-corrected chi connectivity index (χ4v) is 2.60. The molecule has 2 aromatic rings. The number of nitrogens with one attached hydrogen (secondary N) is 2. The van der Waals surface area contributed by atoms with Crippen LogP contribution in [0.2, 0.25) is 10.0 Å². The third-order valence-corrected chi connectivity index (χ3v) is 4.14. The number of nitrogens with two attached hydrogens (primary N) is 2. The van der Waals surface area contributed by atoms with Crippen molar-refractivity contribution in [3.8, 4) is 0 Å². The zero-order valence-corrected chi connectivity index (χ0v) is 16.5. The number of benzene rings is 1. The number of esters is 1. The molecule has 1 aromatic carbocycles. The maximum absolute atomic E-state index is 11.8. The van der Waals surface area contributed by atoms with E-state index < -0.39 is 18.0 Å². The largest absolute Gasteiger partial charge is 0.461 e. The maximum atomic E-state index is 11.8. The predicted octanol–water partition coefficient (Wildman–Crippen LogP) is 2.97. The molecule has 4 amide bonds. The van der Waals surface area contributed by atoms with Crippen molar-refractivity contribution in [1.82, 2.24) is 10.3 Å². The molecule has 0 radical (unpaired) electrons. The van der Waals surface area contributed by atoms with Crippen LogP contribution in [0.3, 0.4) is 0 Å². The van der Waals surface area contributed by atoms with E-state index in [0.717, 1.165) is 16.9 Å². The molecular weight excluding hydrogens is 417 g/mol. The van der Waals surface area contributed by atoms with Gasteiger partial charge in [0, 0.05) is 11.9 Å². The van der Waals surface area contributed by atoms with E-state index in [0.29, 0.717) is 15.2 Å². The summed E-state index contributed by atoms with van der Waals surface area (Å²) in [6.45, 7) is 2.25. The Kier molecular flexibility index (Phi) is 9.34. The van der Waals surface area contributed by atoms with Gasteiger partial charge in [0.05, 0.1) is 16.7 Å². The molecule has 6 N–H and O–H groups in total. The quantitative estimate of drug-likeness (QED) is 0.534. The highest BCUT2D eigenvalue weighted by molar-refractivity contribution is 7.14. The Morgan fingerprint density at radius 3 is 2.48 bits per heavy atom. The zero-order valence-electron chi connectivity index (χ0n) is 14.1. The molecule has 9 nitrogen and oxygen atoms in total. The highest BCUT2D eigenvalue weighted by atomic mass is 35.5. The Labute approximate surface area is 169 Å². The van der Waals surface area contributed by atoms with Gasteiger partial charge in [-0.15, -0.1) is 11.3 Å². The Balaban J connectivity index is 0.000000828. The van der Waals surface area contributed by atoms with Crippen LogP contribution < -0.4 is 22.1 Å². The SMILES string of the molecule is CCOC(=O)c1csc(NC(=O)NCc2ccc(Cl)c(Cl)c2)n1.NC(N)=O. The summed E-state index contributed by atoms with van der Waals surface area (Å²) in [7, 11) is 0. The Bertz CT molecular complexity index is 811. The second kappa shape index (κ2) is 11.2. The monoisotopic (exact) mass is 433 g/mol. The van der Waals surface area contributed by atoms with Crippen LogP contribution in [0.25, 0.3) is 0 Å². The number of amides is 4. The van der Waals surface area contributed by atoms with E-state index in [2.05, 4.69) is 27.1 Å². The average Bonchev–Trinajstić information content (AvgIpc) is 3.04. The van der Waals surface area contributed by atoms with Crippen LogP contribution in [0.4, 0.5) is 14.7 Å². The fraction of sp³-hybridized carbons (Fsp3) is 0.200. The number of ether oxygens (including phenoxy) is 1. The minimum Gasteiger partial charge on any atom is -0.461 e. The highest BCUT2D eigenvalue weighted by Crippen LogP contribution is 2.22. The van der Waals surface area contributed by atoms with E-state index in [1.807, 2.05) is 0 Å². The van der Waals surface area contributed by atoms with Crippen LogP contribution in [0.15, 0.2) is 23.6 Å². The summed E-state index contributed by atoms with van der Waals surface area (Å²) in [6.07, 6.45) is 0. The van der Waals surface area contributed by atoms with Gasteiger partial charge in [0.15, 0.2) is 10.8 Å². The smallest absolute Gasteiger partial charge is 0.357 e. The summed E-state index contributed by atoms with van der Waals surface area (Å²) in [4.78, 5) is 36.3. The van der Waals surface area contributed by atoms with Crippen molar-refractivity contribution in [2.24, 2.45) is 11.5 Å². The van der Waals surface area contributed by atoms with E-state index in [4.69, 9.17) is 32.7 Å². The first-order valence-electron chi connectivity index (χ1n) is 7.39. The number of urea groups is 2. The topological polar surface area (TPSA) is 149 Å². The predicted molar refractivity (Wildman–Crippen MR) is 104 cm³/mol. The summed E-state index contributed by atoms with van der Waals surface area (Å²) in [5.41, 5.74) is 9.47. The van der Waals surface area contributed by atoms with Crippen molar-refractivity contribution in [2.45, 2.75) is 13.5 Å². The van der Waals surface area contributed by atoms with E-state index in [1.165, 1.54) is 5.38 Å². The van der Waals surface area contributed by atoms with Crippen molar-refractivity contribution >= 4 is 57.7 Å². The lowest BCUT2D eigenvalue weighted by atomic mass is 10.2. The molecule has 0 saturated heterocycles. The van der Waals surface area contributed by atoms with Gasteiger partial charge in [-0.1, -0.05) is 29.3 Å². The molecule has 0 aliphatic carbocycles. The van der Waals surface area contributed by atoms with E-state index >= 15 is 0 Å². The number of nitrogens with zero attached hydrogens (tertiary/aromatic N) is 1. The summed E-state index contributed by atoms with van der Waals surface area (Å²) in [5, 5.41) is 7.90. The number of hydrogen-bond donors (Lipinski definition) is 4. The van der Waals surface area contributed by atoms with Crippen molar-refractivity contribution in [1.29, 1.82) is 0 Å². The molecule has 0 spiro atoms. The number of aromatic nitrogens is 1. The van der Waals surface area contributed by atoms with Crippen LogP contribution in [0, 0.1) is 0 Å². The van der Waals surface area contributed by atoms with Crippen LogP contribution >= 0.6 is 34.5 Å². The first-order chi connectivity index (χ1) is 12.7. The second-order valence-corrected chi connectivity index (χ2v) is 6.39. The van der Waals surface area contributed by atoms with Gasteiger partial charge >= 0.3 is 18.0 Å². The molecule has 0 fully saturated rings. The number of halogens is 2. The van der Waals surface area contributed by atoms with E-state index in [-0.39, 0.29) is 18.8 Å². The minimum absolute atomic E-state index is 0.164. The number of hydrogen-bond acceptors (Lipinski definition) is 6. The molecule has 0 bridgehead atoms. The van der Waals surface area contributed by atoms with Crippen molar-refractivity contribution in [3.05, 3.63) is 44.9 Å². The minimum atomic E-state index is -0.833. The number of anilines is 1. The summed E-state index contributed by atoms with van der Waals surface area (Å²) < 4.78 is 4.83. The van der Waals surface area contributed by atoms with Crippen LogP contribution in [-0.2, 0) is 11.3 Å². The molecule has 1 aromatic heterocycles. The molecule has 1 heterocycles. The van der Waals surface area contributed by atoms with Gasteiger partial charge in [0.1, 0.15) is 0 Å². The van der Waals surface area contributed by atoms with Gasteiger partial charge in [-0.3, -0.25) is 5.32 Å². The van der Waals surface area contributed by atoms with Gasteiger partial charge in [0.25, 0.3) is 0 Å². The van der Waals surface area contributed by atoms with Gasteiger partial charge in [-0.2, -0.15) is 0 Å². The third-order valence-electron chi connectivity index (χ3n) is 2.65. The Hall–Kier alpha value is -2.56. The second-order valence-electron chi connectivity index (χ2n) is 4.72. The molecule has 0 aliphatic rings. The molecule has 27 heavy (non-hydrogen) atoms. The number of rotatable bonds is 5. The van der Waals surface area contributed by atoms with E-state index in [1.54, 1.807) is 25.1 Å². The number of primary amides is 2. The summed E-state index contributed by atoms with van der Waals surface area (Å²) in [6, 6.07) is 3.81. The average molecular weight is 434 g/mol. The molecule has 0 aliphatic heterocycles. The van der Waals surface area contributed by atoms with Crippen LogP contribution in [-0.4, -0.2) is 29.6 Å². The Morgan fingerprint density at radius 2 is 1.89 bits per heavy atom. The number of carbonyl (C=O) groups is 3. The van der Waals surface area contributed by atoms with Gasteiger partial charge < -0.3 is 21.5 Å². The lowest BCUT2D eigenvalue weighted by Gasteiger charge is -2.06. The Morgan fingerprint density at radius 1 is 1.22 bits per heavy atom. The lowest BCUT2D eigenvalue weighted by Crippen LogP contribution is -2.28. The standard InChI is InChI=1S/C14H13Cl2N3O3S.CH4N2O/c1-2-22-12(20)11-7-23-14(18-11)19-13(21)17-6-8-3-4-9(15)10(16)5-8;2-1(3)4/h3-5,7H,2,6H2,1H3,(H2,17,18,19,21);(H4,2,3,4). The molecule has 0 saturated carbocycles. The van der Waals surface area contributed by atoms with Gasteiger partial charge in [0.2, 0.25) is 0 Å². The van der Waals surface area contributed by atoms with Gasteiger partial charge in [-0.25, -0.2) is 19.4 Å². The summed E-state index contributed by atoms with van der Waals surface area (Å²) >= 11 is 12.9. The highest BCUT2D eigenvalue weighted by Gasteiger charge is 2.13.